The van der Waals surface area contributed by atoms with Crippen molar-refractivity contribution >= 4 is 27.8 Å². The van der Waals surface area contributed by atoms with Crippen molar-refractivity contribution in [2.24, 2.45) is 0 Å². The summed E-state index contributed by atoms with van der Waals surface area (Å²) in [6, 6.07) is 4.87. The molecule has 2 heterocycles. The van der Waals surface area contributed by atoms with Crippen molar-refractivity contribution in [3.05, 3.63) is 29.8 Å². The highest BCUT2D eigenvalue weighted by atomic mass is 32.2. The number of piperazine rings is 2. The van der Waals surface area contributed by atoms with Crippen LogP contribution in [0.4, 0.5) is 0 Å². The number of hydrogen-bond acceptors (Lipinski definition) is 6. The number of nitrogens with zero attached hydrogens (tertiary/aromatic N) is 2. The van der Waals surface area contributed by atoms with Crippen molar-refractivity contribution in [2.75, 3.05) is 33.3 Å². The molecule has 3 rings (SSSR count). The third kappa shape index (κ3) is 2.98. The van der Waals surface area contributed by atoms with Crippen molar-refractivity contribution in [3.8, 4) is 0 Å². The normalized spacial score (nSPS) is 21.5. The number of benzene rings is 1. The van der Waals surface area contributed by atoms with Crippen LogP contribution in [0.15, 0.2) is 29.2 Å². The molecular weight excluding hydrogens is 350 g/mol. The van der Waals surface area contributed by atoms with Crippen molar-refractivity contribution in [1.29, 1.82) is 0 Å². The lowest BCUT2D eigenvalue weighted by molar-refractivity contribution is -0.147. The van der Waals surface area contributed by atoms with E-state index >= 15 is 0 Å². The maximum absolute atomic E-state index is 13.0. The zero-order chi connectivity index (χ0) is 18.2. The van der Waals surface area contributed by atoms with Gasteiger partial charge in [0.05, 0.1) is 24.1 Å². The maximum atomic E-state index is 13.0. The zero-order valence-corrected chi connectivity index (χ0v) is 14.3. The largest absolute Gasteiger partial charge is 0.465 e. The van der Waals surface area contributed by atoms with E-state index in [0.29, 0.717) is 0 Å². The van der Waals surface area contributed by atoms with Gasteiger partial charge >= 0.3 is 5.97 Å². The van der Waals surface area contributed by atoms with Crippen LogP contribution in [0.5, 0.6) is 0 Å². The van der Waals surface area contributed by atoms with Crippen LogP contribution in [0.1, 0.15) is 10.4 Å². The first-order valence-electron chi connectivity index (χ1n) is 7.61. The minimum atomic E-state index is -4.02. The van der Waals surface area contributed by atoms with Crippen LogP contribution in [-0.2, 0) is 24.3 Å². The number of methoxy groups -OCH3 is 1. The Hall–Kier alpha value is -2.46. The zero-order valence-electron chi connectivity index (χ0n) is 13.5. The van der Waals surface area contributed by atoms with Gasteiger partial charge in [-0.15, -0.1) is 0 Å². The summed E-state index contributed by atoms with van der Waals surface area (Å²) in [7, 11) is -2.86. The van der Waals surface area contributed by atoms with Gasteiger partial charge in [-0.3, -0.25) is 9.59 Å². The summed E-state index contributed by atoms with van der Waals surface area (Å²) in [5.74, 6) is -1.39. The van der Waals surface area contributed by atoms with Crippen molar-refractivity contribution in [2.45, 2.75) is 10.9 Å². The van der Waals surface area contributed by atoms with E-state index in [0.717, 1.165) is 4.31 Å². The van der Waals surface area contributed by atoms with E-state index in [2.05, 4.69) is 10.1 Å². The van der Waals surface area contributed by atoms with E-state index in [9.17, 15) is 22.8 Å². The highest BCUT2D eigenvalue weighted by Gasteiger charge is 2.42. The van der Waals surface area contributed by atoms with Crippen LogP contribution in [0.25, 0.3) is 0 Å². The third-order valence-electron chi connectivity index (χ3n) is 4.29. The molecule has 2 amide bonds. The van der Waals surface area contributed by atoms with Gasteiger partial charge in [0.15, 0.2) is 0 Å². The van der Waals surface area contributed by atoms with Crippen LogP contribution >= 0.6 is 0 Å². The van der Waals surface area contributed by atoms with Gasteiger partial charge in [0, 0.05) is 19.6 Å². The maximum Gasteiger partial charge on any atom is 0.339 e. The first-order chi connectivity index (χ1) is 11.9. The molecule has 2 aliphatic rings. The smallest absolute Gasteiger partial charge is 0.339 e. The Balaban J connectivity index is 1.93. The van der Waals surface area contributed by atoms with Gasteiger partial charge in [-0.1, -0.05) is 12.1 Å². The molecule has 134 valence electrons. The van der Waals surface area contributed by atoms with E-state index in [1.165, 1.54) is 36.3 Å². The molecule has 0 bridgehead atoms. The Bertz CT molecular complexity index is 837. The molecule has 2 saturated heterocycles. The Morgan fingerprint density at radius 3 is 2.68 bits per heavy atom. The number of sulfonamides is 1. The number of rotatable bonds is 3. The highest BCUT2D eigenvalue weighted by Crippen LogP contribution is 2.24. The monoisotopic (exact) mass is 367 g/mol. The van der Waals surface area contributed by atoms with Gasteiger partial charge < -0.3 is 15.0 Å². The minimum absolute atomic E-state index is 0.0490. The fourth-order valence-electron chi connectivity index (χ4n) is 2.99. The van der Waals surface area contributed by atoms with Crippen LogP contribution < -0.4 is 5.32 Å². The second kappa shape index (κ2) is 6.45. The van der Waals surface area contributed by atoms with Crippen LogP contribution in [-0.4, -0.2) is 74.7 Å². The summed E-state index contributed by atoms with van der Waals surface area (Å²) in [5.41, 5.74) is -0.0726. The van der Waals surface area contributed by atoms with Crippen molar-refractivity contribution in [1.82, 2.24) is 14.5 Å². The van der Waals surface area contributed by atoms with Crippen LogP contribution in [0.3, 0.4) is 0 Å². The molecule has 1 N–H and O–H groups in total. The Morgan fingerprint density at radius 2 is 1.96 bits per heavy atom. The summed E-state index contributed by atoms with van der Waals surface area (Å²) in [4.78, 5) is 36.9. The highest BCUT2D eigenvalue weighted by molar-refractivity contribution is 7.89. The number of ether oxygens (including phenoxy) is 1. The second-order valence-corrected chi connectivity index (χ2v) is 7.58. The molecule has 25 heavy (non-hydrogen) atoms. The number of fused-ring (bicyclic) bond motifs is 1. The molecule has 0 aliphatic carbocycles. The van der Waals surface area contributed by atoms with Gasteiger partial charge in [0.2, 0.25) is 21.8 Å². The number of carbonyl (C=O) groups excluding carboxylic acids is 3. The summed E-state index contributed by atoms with van der Waals surface area (Å²) in [6.45, 7) is -0.0629. The molecule has 1 atom stereocenters. The van der Waals surface area contributed by atoms with Gasteiger partial charge in [-0.05, 0) is 12.1 Å². The van der Waals surface area contributed by atoms with E-state index < -0.39 is 22.0 Å². The summed E-state index contributed by atoms with van der Waals surface area (Å²) < 4.78 is 31.7. The summed E-state index contributed by atoms with van der Waals surface area (Å²) in [6.07, 6.45) is 0. The molecular formula is C15H17N3O6S. The number of amides is 2. The number of carbonyl (C=O) groups is 3. The van der Waals surface area contributed by atoms with E-state index in [1.54, 1.807) is 0 Å². The standard InChI is InChI=1S/C15H17N3O6S/c1-24-15(21)10-4-2-3-5-12(10)25(22,23)17-6-7-18-11(9-17)14(20)16-8-13(18)19/h2-5,11H,6-9H2,1H3,(H,16,20)/t11-/m0/s1. The lowest BCUT2D eigenvalue weighted by Crippen LogP contribution is -2.66. The lowest BCUT2D eigenvalue weighted by Gasteiger charge is -2.42. The summed E-state index contributed by atoms with van der Waals surface area (Å²) >= 11 is 0. The molecule has 1 aromatic rings. The van der Waals surface area contributed by atoms with Gasteiger partial charge in [0.25, 0.3) is 0 Å². The average molecular weight is 367 g/mol. The molecule has 2 fully saturated rings. The fourth-order valence-corrected chi connectivity index (χ4v) is 4.61. The van der Waals surface area contributed by atoms with Gasteiger partial charge in [0.1, 0.15) is 6.04 Å². The Labute approximate surface area is 144 Å². The first-order valence-corrected chi connectivity index (χ1v) is 9.05. The minimum Gasteiger partial charge on any atom is -0.465 e. The molecule has 9 nitrogen and oxygen atoms in total. The van der Waals surface area contributed by atoms with Crippen LogP contribution in [0.2, 0.25) is 0 Å². The molecule has 0 radical (unpaired) electrons. The molecule has 10 heteroatoms. The summed E-state index contributed by atoms with van der Waals surface area (Å²) in [5, 5.41) is 2.46. The van der Waals surface area contributed by atoms with Crippen molar-refractivity contribution < 1.29 is 27.5 Å². The topological polar surface area (TPSA) is 113 Å². The fraction of sp³-hybridized carbons (Fsp3) is 0.400. The molecule has 0 unspecified atom stereocenters. The Morgan fingerprint density at radius 1 is 1.24 bits per heavy atom. The molecule has 0 saturated carbocycles. The molecule has 2 aliphatic heterocycles. The van der Waals surface area contributed by atoms with Gasteiger partial charge in [-0.25, -0.2) is 13.2 Å². The van der Waals surface area contributed by atoms with E-state index in [-0.39, 0.29) is 48.5 Å². The number of esters is 1. The number of hydrogen-bond donors (Lipinski definition) is 1. The van der Waals surface area contributed by atoms with E-state index in [4.69, 9.17) is 0 Å². The van der Waals surface area contributed by atoms with Crippen LogP contribution in [0, 0.1) is 0 Å². The predicted molar refractivity (Wildman–Crippen MR) is 85.1 cm³/mol. The SMILES string of the molecule is COC(=O)c1ccccc1S(=O)(=O)N1CCN2C(=O)CNC(=O)[C@@H]2C1. The average Bonchev–Trinajstić information content (AvgIpc) is 2.64. The quantitative estimate of drug-likeness (QED) is 0.672. The predicted octanol–water partition coefficient (Wildman–Crippen LogP) is -1.20. The van der Waals surface area contributed by atoms with Gasteiger partial charge in [-0.2, -0.15) is 4.31 Å². The molecule has 1 aromatic carbocycles. The molecule has 0 aromatic heterocycles. The number of nitrogens with one attached hydrogen (secondary N) is 1. The lowest BCUT2D eigenvalue weighted by atomic mass is 10.1. The molecule has 0 spiro atoms. The Kier molecular flexibility index (Phi) is 4.48. The third-order valence-corrected chi connectivity index (χ3v) is 6.21. The van der Waals surface area contributed by atoms with E-state index in [1.807, 2.05) is 0 Å². The van der Waals surface area contributed by atoms with Crippen molar-refractivity contribution in [3.63, 3.8) is 0 Å². The first kappa shape index (κ1) is 17.4. The second-order valence-electron chi connectivity index (χ2n) is 5.67.